The van der Waals surface area contributed by atoms with E-state index in [1.807, 2.05) is 13.8 Å². The van der Waals surface area contributed by atoms with Gasteiger partial charge in [0.1, 0.15) is 5.57 Å². The van der Waals surface area contributed by atoms with Gasteiger partial charge in [0, 0.05) is 43.0 Å². The van der Waals surface area contributed by atoms with Crippen molar-refractivity contribution < 1.29 is 19.1 Å². The van der Waals surface area contributed by atoms with Gasteiger partial charge in [-0.05, 0) is 57.6 Å². The summed E-state index contributed by atoms with van der Waals surface area (Å²) in [5, 5.41) is 3.54. The molecular weight excluding hydrogens is 442 g/mol. The van der Waals surface area contributed by atoms with Gasteiger partial charge in [0.15, 0.2) is 5.78 Å². The van der Waals surface area contributed by atoms with Crippen molar-refractivity contribution in [1.29, 1.82) is 0 Å². The zero-order valence-corrected chi connectivity index (χ0v) is 20.4. The van der Waals surface area contributed by atoms with Gasteiger partial charge in [0.25, 0.3) is 0 Å². The highest BCUT2D eigenvalue weighted by Crippen LogP contribution is 2.52. The Hall–Kier alpha value is -2.54. The van der Waals surface area contributed by atoms with E-state index in [-0.39, 0.29) is 41.2 Å². The third-order valence-corrected chi connectivity index (χ3v) is 7.51. The molecule has 33 heavy (non-hydrogen) atoms. The maximum atomic E-state index is 13.2. The third-order valence-electron chi connectivity index (χ3n) is 7.13. The summed E-state index contributed by atoms with van der Waals surface area (Å²) >= 11 is 6.99. The molecule has 1 aromatic carbocycles. The van der Waals surface area contributed by atoms with Gasteiger partial charge in [-0.2, -0.15) is 0 Å². The van der Waals surface area contributed by atoms with E-state index in [1.54, 1.807) is 19.1 Å². The van der Waals surface area contributed by atoms with Crippen molar-refractivity contribution in [2.24, 2.45) is 11.8 Å². The summed E-state index contributed by atoms with van der Waals surface area (Å²) in [5.41, 5.74) is 8.50. The number of hydrogen-bond acceptors (Lipinski definition) is 6. The van der Waals surface area contributed by atoms with E-state index in [2.05, 4.69) is 10.2 Å². The van der Waals surface area contributed by atoms with Crippen molar-refractivity contribution in [3.8, 4) is 0 Å². The number of allylic oxidation sites excluding steroid dienone is 1. The third kappa shape index (κ3) is 4.35. The number of amides is 1. The van der Waals surface area contributed by atoms with Crippen LogP contribution >= 0.6 is 11.6 Å². The minimum Gasteiger partial charge on any atom is -0.462 e. The molecule has 2 aliphatic carbocycles. The Bertz CT molecular complexity index is 1040. The fourth-order valence-electron chi connectivity index (χ4n) is 5.30. The molecule has 3 N–H and O–H groups in total. The number of nitrogens with zero attached hydrogens (tertiary/aromatic N) is 1. The molecule has 0 bridgehead atoms. The Morgan fingerprint density at radius 1 is 1.30 bits per heavy atom. The van der Waals surface area contributed by atoms with Crippen LogP contribution in [-0.2, 0) is 14.3 Å². The van der Waals surface area contributed by atoms with E-state index in [0.29, 0.717) is 28.7 Å². The van der Waals surface area contributed by atoms with Gasteiger partial charge in [-0.1, -0.05) is 17.7 Å². The van der Waals surface area contributed by atoms with Crippen LogP contribution in [0.15, 0.2) is 17.7 Å². The van der Waals surface area contributed by atoms with E-state index in [9.17, 15) is 14.4 Å². The molecule has 0 spiro atoms. The summed E-state index contributed by atoms with van der Waals surface area (Å²) in [5.74, 6) is -0.575. The molecule has 8 heteroatoms. The molecule has 0 radical (unpaired) electrons. The van der Waals surface area contributed by atoms with Crippen molar-refractivity contribution in [2.45, 2.75) is 58.4 Å². The quantitative estimate of drug-likeness (QED) is 0.369. The fraction of sp³-hybridized carbons (Fsp3) is 0.560. The van der Waals surface area contributed by atoms with Crippen LogP contribution in [0.1, 0.15) is 68.8 Å². The number of hydrogen-bond donors (Lipinski definition) is 2. The molecule has 0 aromatic heterocycles. The molecular formula is C25H32ClN3O4. The number of fused-ring (bicyclic) bond motifs is 1. The molecule has 1 amide bonds. The molecule has 1 heterocycles. The van der Waals surface area contributed by atoms with Crippen LogP contribution in [0.25, 0.3) is 0 Å². The summed E-state index contributed by atoms with van der Waals surface area (Å²) in [4.78, 5) is 39.5. The van der Waals surface area contributed by atoms with Gasteiger partial charge >= 0.3 is 5.97 Å². The first-order valence-electron chi connectivity index (χ1n) is 11.6. The molecule has 178 valence electrons. The lowest BCUT2D eigenvalue weighted by molar-refractivity contribution is -0.138. The molecule has 3 aliphatic rings. The Labute approximate surface area is 199 Å². The molecule has 2 fully saturated rings. The second-order valence-corrected chi connectivity index (χ2v) is 10.3. The summed E-state index contributed by atoms with van der Waals surface area (Å²) in [6.45, 7) is 8.96. The SMILES string of the molecule is CCOC(=O)C1=CC(C2CC2)c2c(cc(N)c(N3CC[C@H](C(C)(C)NC(C)=O)C3)c2Cl)C1=O. The number of carbonyl (C=O) groups is 3. The summed E-state index contributed by atoms with van der Waals surface area (Å²) in [6.07, 6.45) is 4.69. The number of rotatable bonds is 6. The van der Waals surface area contributed by atoms with Crippen LogP contribution in [0.2, 0.25) is 5.02 Å². The van der Waals surface area contributed by atoms with Gasteiger partial charge in [0.05, 0.1) is 23.0 Å². The van der Waals surface area contributed by atoms with Crippen molar-refractivity contribution >= 4 is 40.6 Å². The van der Waals surface area contributed by atoms with E-state index in [1.165, 1.54) is 6.92 Å². The van der Waals surface area contributed by atoms with Crippen LogP contribution in [0, 0.1) is 11.8 Å². The normalized spacial score (nSPS) is 22.6. The lowest BCUT2D eigenvalue weighted by Gasteiger charge is -2.33. The number of benzene rings is 1. The first-order chi connectivity index (χ1) is 15.5. The maximum absolute atomic E-state index is 13.2. The van der Waals surface area contributed by atoms with E-state index < -0.39 is 5.97 Å². The second kappa shape index (κ2) is 8.67. The van der Waals surface area contributed by atoms with Crippen molar-refractivity contribution in [3.05, 3.63) is 33.9 Å². The van der Waals surface area contributed by atoms with Crippen LogP contribution in [0.3, 0.4) is 0 Å². The topological polar surface area (TPSA) is 102 Å². The van der Waals surface area contributed by atoms with Crippen molar-refractivity contribution in [3.63, 3.8) is 0 Å². The minimum absolute atomic E-state index is 0.0558. The highest BCUT2D eigenvalue weighted by atomic mass is 35.5. The fourth-order valence-corrected chi connectivity index (χ4v) is 5.75. The van der Waals surface area contributed by atoms with Crippen molar-refractivity contribution in [2.75, 3.05) is 30.3 Å². The Morgan fingerprint density at radius 3 is 2.61 bits per heavy atom. The monoisotopic (exact) mass is 473 g/mol. The number of nitrogens with two attached hydrogens (primary N) is 1. The van der Waals surface area contributed by atoms with Crippen LogP contribution in [0.4, 0.5) is 11.4 Å². The molecule has 4 rings (SSSR count). The average molecular weight is 474 g/mol. The molecule has 1 aromatic rings. The summed E-state index contributed by atoms with van der Waals surface area (Å²) in [6, 6.07) is 1.67. The maximum Gasteiger partial charge on any atom is 0.341 e. The van der Waals surface area contributed by atoms with E-state index in [4.69, 9.17) is 22.1 Å². The number of esters is 1. The number of nitrogens with one attached hydrogen (secondary N) is 1. The molecule has 1 saturated heterocycles. The predicted octanol–water partition coefficient (Wildman–Crippen LogP) is 3.84. The largest absolute Gasteiger partial charge is 0.462 e. The zero-order chi connectivity index (χ0) is 24.1. The summed E-state index contributed by atoms with van der Waals surface area (Å²) < 4.78 is 5.12. The Balaban J connectivity index is 1.71. The highest BCUT2D eigenvalue weighted by Gasteiger charge is 2.43. The first kappa shape index (κ1) is 23.6. The Morgan fingerprint density at radius 2 is 2.00 bits per heavy atom. The molecule has 1 saturated carbocycles. The van der Waals surface area contributed by atoms with Crippen LogP contribution < -0.4 is 16.0 Å². The van der Waals surface area contributed by atoms with Crippen molar-refractivity contribution in [1.82, 2.24) is 5.32 Å². The van der Waals surface area contributed by atoms with E-state index in [0.717, 1.165) is 37.1 Å². The lowest BCUT2D eigenvalue weighted by Crippen LogP contribution is -2.49. The van der Waals surface area contributed by atoms with Gasteiger partial charge in [-0.25, -0.2) is 4.79 Å². The average Bonchev–Trinajstić information content (AvgIpc) is 3.44. The number of ether oxygens (including phenoxy) is 1. The van der Waals surface area contributed by atoms with Gasteiger partial charge in [0.2, 0.25) is 5.91 Å². The number of carbonyl (C=O) groups excluding carboxylic acids is 3. The highest BCUT2D eigenvalue weighted by molar-refractivity contribution is 6.37. The number of halogens is 1. The second-order valence-electron chi connectivity index (χ2n) is 9.92. The van der Waals surface area contributed by atoms with Crippen LogP contribution in [0.5, 0.6) is 0 Å². The minimum atomic E-state index is -0.597. The lowest BCUT2D eigenvalue weighted by atomic mass is 9.80. The predicted molar refractivity (Wildman–Crippen MR) is 129 cm³/mol. The number of ketones is 1. The zero-order valence-electron chi connectivity index (χ0n) is 19.7. The molecule has 2 atom stereocenters. The molecule has 1 unspecified atom stereocenters. The van der Waals surface area contributed by atoms with Gasteiger partial charge in [-0.15, -0.1) is 0 Å². The number of anilines is 2. The standard InChI is InChI=1S/C25H32ClN3O4/c1-5-33-24(32)18-10-16(14-6-7-14)20-17(23(18)31)11-19(27)22(21(20)26)29-9-8-15(12-29)25(3,4)28-13(2)30/h10-11,14-16H,5-9,12,27H2,1-4H3,(H,28,30)/t15-,16?/m0/s1. The number of Topliss-reactive ketones (excluding diaryl/α,β-unsaturated/α-hetero) is 1. The summed E-state index contributed by atoms with van der Waals surface area (Å²) in [7, 11) is 0. The molecule has 1 aliphatic heterocycles. The smallest absolute Gasteiger partial charge is 0.341 e. The van der Waals surface area contributed by atoms with Gasteiger partial charge in [-0.3, -0.25) is 9.59 Å². The number of nitrogen functional groups attached to an aromatic ring is 1. The first-order valence-corrected chi connectivity index (χ1v) is 12.0. The van der Waals surface area contributed by atoms with Gasteiger partial charge < -0.3 is 20.7 Å². The van der Waals surface area contributed by atoms with E-state index >= 15 is 0 Å². The molecule has 7 nitrogen and oxygen atoms in total. The Kier molecular flexibility index (Phi) is 6.20. The van der Waals surface area contributed by atoms with Crippen LogP contribution in [-0.4, -0.2) is 42.9 Å².